The van der Waals surface area contributed by atoms with E-state index in [-0.39, 0.29) is 23.7 Å². The van der Waals surface area contributed by atoms with Crippen molar-refractivity contribution in [3.63, 3.8) is 0 Å². The van der Waals surface area contributed by atoms with Crippen LogP contribution in [0, 0.1) is 11.8 Å². The third-order valence-corrected chi connectivity index (χ3v) is 4.71. The minimum absolute atomic E-state index is 0.000908. The summed E-state index contributed by atoms with van der Waals surface area (Å²) in [5.41, 5.74) is 2.18. The first-order valence-corrected chi connectivity index (χ1v) is 9.19. The standard InChI is InChI=1S/C20H30N2O2/c1-4-5-6-16-7-9-18(10-8-16)21-19(23)17-11-13-22(14-12-17)20(24)15(2)3/h7-10,15,17H,4-6,11-14H2,1-3H3,(H,21,23). The first-order chi connectivity index (χ1) is 11.5. The van der Waals surface area contributed by atoms with Gasteiger partial charge in [-0.1, -0.05) is 39.3 Å². The molecule has 2 rings (SSSR count). The van der Waals surface area contributed by atoms with Crippen molar-refractivity contribution in [2.75, 3.05) is 18.4 Å². The molecule has 0 aromatic heterocycles. The summed E-state index contributed by atoms with van der Waals surface area (Å²) in [7, 11) is 0. The third kappa shape index (κ3) is 5.08. The molecule has 1 N–H and O–H groups in total. The van der Waals surface area contributed by atoms with Gasteiger partial charge in [-0.15, -0.1) is 0 Å². The summed E-state index contributed by atoms with van der Waals surface area (Å²) in [6.45, 7) is 7.40. The molecule has 24 heavy (non-hydrogen) atoms. The average Bonchev–Trinajstić information content (AvgIpc) is 2.60. The Bertz CT molecular complexity index is 543. The predicted octanol–water partition coefficient (Wildman–Crippen LogP) is 3.86. The van der Waals surface area contributed by atoms with E-state index in [0.29, 0.717) is 13.1 Å². The molecule has 1 fully saturated rings. The Balaban J connectivity index is 1.82. The number of nitrogens with one attached hydrogen (secondary N) is 1. The van der Waals surface area contributed by atoms with Gasteiger partial charge in [0.2, 0.25) is 11.8 Å². The number of benzene rings is 1. The topological polar surface area (TPSA) is 49.4 Å². The minimum Gasteiger partial charge on any atom is -0.342 e. The van der Waals surface area contributed by atoms with Gasteiger partial charge < -0.3 is 10.2 Å². The van der Waals surface area contributed by atoms with Gasteiger partial charge in [0.1, 0.15) is 0 Å². The van der Waals surface area contributed by atoms with Crippen LogP contribution >= 0.6 is 0 Å². The summed E-state index contributed by atoms with van der Waals surface area (Å²) in [4.78, 5) is 26.3. The van der Waals surface area contributed by atoms with Gasteiger partial charge in [0.15, 0.2) is 0 Å². The van der Waals surface area contributed by atoms with Crippen molar-refractivity contribution >= 4 is 17.5 Å². The Kier molecular flexibility index (Phi) is 6.83. The highest BCUT2D eigenvalue weighted by molar-refractivity contribution is 5.92. The number of carbonyl (C=O) groups is 2. The molecule has 0 unspecified atom stereocenters. The Labute approximate surface area is 145 Å². The fourth-order valence-electron chi connectivity index (χ4n) is 3.11. The van der Waals surface area contributed by atoms with E-state index in [1.807, 2.05) is 30.9 Å². The number of aryl methyl sites for hydroxylation is 1. The van der Waals surface area contributed by atoms with E-state index in [9.17, 15) is 9.59 Å². The van der Waals surface area contributed by atoms with Crippen molar-refractivity contribution in [3.05, 3.63) is 29.8 Å². The summed E-state index contributed by atoms with van der Waals surface area (Å²) in [5.74, 6) is 0.298. The molecule has 1 aromatic rings. The maximum absolute atomic E-state index is 12.4. The molecule has 1 aromatic carbocycles. The molecule has 0 atom stereocenters. The van der Waals surface area contributed by atoms with Crippen LogP contribution in [0.5, 0.6) is 0 Å². The van der Waals surface area contributed by atoms with Crippen molar-refractivity contribution in [2.45, 2.75) is 52.9 Å². The van der Waals surface area contributed by atoms with Crippen LogP contribution in [0.2, 0.25) is 0 Å². The first-order valence-electron chi connectivity index (χ1n) is 9.19. The van der Waals surface area contributed by atoms with Gasteiger partial charge >= 0.3 is 0 Å². The number of hydrogen-bond acceptors (Lipinski definition) is 2. The molecular formula is C20H30N2O2. The van der Waals surface area contributed by atoms with Gasteiger partial charge in [-0.05, 0) is 43.4 Å². The molecular weight excluding hydrogens is 300 g/mol. The van der Waals surface area contributed by atoms with Crippen LogP contribution < -0.4 is 5.32 Å². The maximum Gasteiger partial charge on any atom is 0.227 e. The zero-order valence-electron chi connectivity index (χ0n) is 15.2. The number of unbranched alkanes of at least 4 members (excludes halogenated alkanes) is 1. The first kappa shape index (κ1) is 18.5. The number of likely N-dealkylation sites (tertiary alicyclic amines) is 1. The Hall–Kier alpha value is -1.84. The normalized spacial score (nSPS) is 15.6. The summed E-state index contributed by atoms with van der Waals surface area (Å²) >= 11 is 0. The zero-order chi connectivity index (χ0) is 17.5. The van der Waals surface area contributed by atoms with Crippen LogP contribution in [0.1, 0.15) is 52.0 Å². The van der Waals surface area contributed by atoms with Crippen LogP contribution in [0.3, 0.4) is 0 Å². The number of hydrogen-bond donors (Lipinski definition) is 1. The Morgan fingerprint density at radius 1 is 1.17 bits per heavy atom. The SMILES string of the molecule is CCCCc1ccc(NC(=O)C2CCN(C(=O)C(C)C)CC2)cc1. The van der Waals surface area contributed by atoms with Crippen molar-refractivity contribution in [1.82, 2.24) is 4.90 Å². The van der Waals surface area contributed by atoms with E-state index in [1.165, 1.54) is 18.4 Å². The van der Waals surface area contributed by atoms with E-state index in [2.05, 4.69) is 24.4 Å². The van der Waals surface area contributed by atoms with E-state index in [1.54, 1.807) is 0 Å². The van der Waals surface area contributed by atoms with Gasteiger partial charge in [0.25, 0.3) is 0 Å². The molecule has 132 valence electrons. The highest BCUT2D eigenvalue weighted by atomic mass is 16.2. The van der Waals surface area contributed by atoms with Crippen LogP contribution in [0.4, 0.5) is 5.69 Å². The number of anilines is 1. The maximum atomic E-state index is 12.4. The van der Waals surface area contributed by atoms with Crippen molar-refractivity contribution in [3.8, 4) is 0 Å². The number of piperidine rings is 1. The lowest BCUT2D eigenvalue weighted by molar-refractivity contribution is -0.137. The van der Waals surface area contributed by atoms with Gasteiger partial charge in [0, 0.05) is 30.6 Å². The zero-order valence-corrected chi connectivity index (χ0v) is 15.2. The molecule has 0 saturated carbocycles. The number of carbonyl (C=O) groups excluding carboxylic acids is 2. The van der Waals surface area contributed by atoms with E-state index in [0.717, 1.165) is 24.9 Å². The van der Waals surface area contributed by atoms with Crippen molar-refractivity contribution in [1.29, 1.82) is 0 Å². The predicted molar refractivity (Wildman–Crippen MR) is 97.8 cm³/mol. The lowest BCUT2D eigenvalue weighted by atomic mass is 9.95. The second-order valence-corrected chi connectivity index (χ2v) is 7.04. The number of rotatable bonds is 6. The molecule has 1 heterocycles. The van der Waals surface area contributed by atoms with Crippen LogP contribution in [-0.2, 0) is 16.0 Å². The lowest BCUT2D eigenvalue weighted by Gasteiger charge is -2.32. The van der Waals surface area contributed by atoms with Crippen molar-refractivity contribution < 1.29 is 9.59 Å². The smallest absolute Gasteiger partial charge is 0.227 e. The van der Waals surface area contributed by atoms with Crippen LogP contribution in [-0.4, -0.2) is 29.8 Å². The molecule has 0 radical (unpaired) electrons. The van der Waals surface area contributed by atoms with E-state index < -0.39 is 0 Å². The summed E-state index contributed by atoms with van der Waals surface area (Å²) in [6.07, 6.45) is 4.97. The second kappa shape index (κ2) is 8.86. The number of amides is 2. The molecule has 1 aliphatic rings. The van der Waals surface area contributed by atoms with E-state index >= 15 is 0 Å². The quantitative estimate of drug-likeness (QED) is 0.861. The molecule has 1 aliphatic heterocycles. The van der Waals surface area contributed by atoms with Gasteiger partial charge in [-0.2, -0.15) is 0 Å². The molecule has 1 saturated heterocycles. The summed E-state index contributed by atoms with van der Waals surface area (Å²) in [5, 5.41) is 3.02. The van der Waals surface area contributed by atoms with E-state index in [4.69, 9.17) is 0 Å². The average molecular weight is 330 g/mol. The Morgan fingerprint density at radius 3 is 2.33 bits per heavy atom. The van der Waals surface area contributed by atoms with Crippen LogP contribution in [0.15, 0.2) is 24.3 Å². The van der Waals surface area contributed by atoms with Crippen LogP contribution in [0.25, 0.3) is 0 Å². The molecule has 0 aliphatic carbocycles. The molecule has 4 heteroatoms. The molecule has 0 spiro atoms. The van der Waals surface area contributed by atoms with Gasteiger partial charge in [0.05, 0.1) is 0 Å². The Morgan fingerprint density at radius 2 is 1.79 bits per heavy atom. The number of nitrogens with zero attached hydrogens (tertiary/aromatic N) is 1. The molecule has 2 amide bonds. The lowest BCUT2D eigenvalue weighted by Crippen LogP contribution is -2.43. The highest BCUT2D eigenvalue weighted by Gasteiger charge is 2.28. The monoisotopic (exact) mass is 330 g/mol. The third-order valence-electron chi connectivity index (χ3n) is 4.71. The van der Waals surface area contributed by atoms with Gasteiger partial charge in [-0.3, -0.25) is 9.59 Å². The van der Waals surface area contributed by atoms with Crippen molar-refractivity contribution in [2.24, 2.45) is 11.8 Å². The van der Waals surface area contributed by atoms with Gasteiger partial charge in [-0.25, -0.2) is 0 Å². The molecule has 0 bridgehead atoms. The summed E-state index contributed by atoms with van der Waals surface area (Å²) in [6, 6.07) is 8.16. The summed E-state index contributed by atoms with van der Waals surface area (Å²) < 4.78 is 0. The second-order valence-electron chi connectivity index (χ2n) is 7.04. The highest BCUT2D eigenvalue weighted by Crippen LogP contribution is 2.21. The fourth-order valence-corrected chi connectivity index (χ4v) is 3.11. The fraction of sp³-hybridized carbons (Fsp3) is 0.600. The largest absolute Gasteiger partial charge is 0.342 e. The molecule has 4 nitrogen and oxygen atoms in total. The minimum atomic E-state index is 0.000908.